The molecule has 2 N–H and O–H groups in total. The van der Waals surface area contributed by atoms with Gasteiger partial charge in [0.05, 0.1) is 33.0 Å². The fourth-order valence-electron chi connectivity index (χ4n) is 1.63. The minimum absolute atomic E-state index is 0.112. The van der Waals surface area contributed by atoms with Gasteiger partial charge in [-0.15, -0.1) is 0 Å². The van der Waals surface area contributed by atoms with Crippen molar-refractivity contribution in [2.45, 2.75) is 12.5 Å². The van der Waals surface area contributed by atoms with Crippen LogP contribution in [-0.2, 0) is 0 Å². The van der Waals surface area contributed by atoms with Gasteiger partial charge in [0.25, 0.3) is 0 Å². The van der Waals surface area contributed by atoms with Crippen molar-refractivity contribution in [3.8, 4) is 17.2 Å². The Morgan fingerprint density at radius 3 is 1.94 bits per heavy atom. The molecule has 0 fully saturated rings. The second-order valence-corrected chi connectivity index (χ2v) is 3.47. The Labute approximate surface area is 101 Å². The van der Waals surface area contributed by atoms with Crippen molar-refractivity contribution in [2.24, 2.45) is 0 Å². The highest BCUT2D eigenvalue weighted by Gasteiger charge is 2.20. The number of rotatable bonds is 6. The predicted octanol–water partition coefficient (Wildman–Crippen LogP) is 1.13. The highest BCUT2D eigenvalue weighted by molar-refractivity contribution is 5.51. The standard InChI is InChI=1S/C12H18O5/c1-15-8-6-10(16-2)12(9(14)4-5-13)11(7-8)17-3/h6-7,9,13-14H,4-5H2,1-3H3. The average molecular weight is 242 g/mol. The van der Waals surface area contributed by atoms with Gasteiger partial charge in [0, 0.05) is 25.2 Å². The third-order valence-electron chi connectivity index (χ3n) is 2.49. The second-order valence-electron chi connectivity index (χ2n) is 3.47. The third-order valence-corrected chi connectivity index (χ3v) is 2.49. The molecule has 0 aliphatic carbocycles. The van der Waals surface area contributed by atoms with E-state index in [0.717, 1.165) is 0 Å². The average Bonchev–Trinajstić information content (AvgIpc) is 2.37. The molecule has 0 saturated carbocycles. The zero-order chi connectivity index (χ0) is 12.8. The monoisotopic (exact) mass is 242 g/mol. The predicted molar refractivity (Wildman–Crippen MR) is 62.8 cm³/mol. The van der Waals surface area contributed by atoms with Gasteiger partial charge in [-0.25, -0.2) is 0 Å². The minimum Gasteiger partial charge on any atom is -0.496 e. The molecule has 0 saturated heterocycles. The Morgan fingerprint density at radius 2 is 1.59 bits per heavy atom. The van der Waals surface area contributed by atoms with Crippen molar-refractivity contribution >= 4 is 0 Å². The minimum atomic E-state index is -0.837. The van der Waals surface area contributed by atoms with Crippen molar-refractivity contribution in [2.75, 3.05) is 27.9 Å². The van der Waals surface area contributed by atoms with E-state index >= 15 is 0 Å². The van der Waals surface area contributed by atoms with Gasteiger partial charge in [0.2, 0.25) is 0 Å². The summed E-state index contributed by atoms with van der Waals surface area (Å²) in [6.45, 7) is -0.112. The van der Waals surface area contributed by atoms with E-state index < -0.39 is 6.10 Å². The molecule has 96 valence electrons. The highest BCUT2D eigenvalue weighted by Crippen LogP contribution is 2.39. The van der Waals surface area contributed by atoms with E-state index in [1.54, 1.807) is 12.1 Å². The molecule has 0 aliphatic rings. The lowest BCUT2D eigenvalue weighted by molar-refractivity contribution is 0.128. The third kappa shape index (κ3) is 3.01. The van der Waals surface area contributed by atoms with Crippen LogP contribution in [0, 0.1) is 0 Å². The van der Waals surface area contributed by atoms with Gasteiger partial charge in [-0.2, -0.15) is 0 Å². The molecule has 1 aromatic carbocycles. The maximum Gasteiger partial charge on any atom is 0.132 e. The number of aliphatic hydroxyl groups is 2. The number of hydrogen-bond acceptors (Lipinski definition) is 5. The van der Waals surface area contributed by atoms with E-state index in [4.69, 9.17) is 19.3 Å². The molecule has 5 heteroatoms. The van der Waals surface area contributed by atoms with Gasteiger partial charge in [-0.3, -0.25) is 0 Å². The molecule has 0 heterocycles. The molecule has 1 unspecified atom stereocenters. The SMILES string of the molecule is COc1cc(OC)c(C(O)CCO)c(OC)c1. The Kier molecular flexibility index (Phi) is 5.06. The molecule has 0 aromatic heterocycles. The lowest BCUT2D eigenvalue weighted by Crippen LogP contribution is -2.06. The first kappa shape index (κ1) is 13.6. The van der Waals surface area contributed by atoms with Crippen LogP contribution in [0.2, 0.25) is 0 Å². The Morgan fingerprint density at radius 1 is 1.06 bits per heavy atom. The van der Waals surface area contributed by atoms with Crippen LogP contribution < -0.4 is 14.2 Å². The number of hydrogen-bond donors (Lipinski definition) is 2. The smallest absolute Gasteiger partial charge is 0.132 e. The van der Waals surface area contributed by atoms with Crippen molar-refractivity contribution in [1.29, 1.82) is 0 Å². The molecule has 1 aromatic rings. The zero-order valence-corrected chi connectivity index (χ0v) is 10.3. The number of ether oxygens (including phenoxy) is 3. The van der Waals surface area contributed by atoms with Gasteiger partial charge in [-0.1, -0.05) is 0 Å². The normalized spacial score (nSPS) is 12.1. The Hall–Kier alpha value is -1.46. The summed E-state index contributed by atoms with van der Waals surface area (Å²) in [5.74, 6) is 1.53. The zero-order valence-electron chi connectivity index (χ0n) is 10.3. The van der Waals surface area contributed by atoms with Crippen molar-refractivity contribution in [3.63, 3.8) is 0 Å². The number of benzene rings is 1. The van der Waals surface area contributed by atoms with E-state index in [1.807, 2.05) is 0 Å². The van der Waals surface area contributed by atoms with E-state index in [-0.39, 0.29) is 13.0 Å². The number of aliphatic hydroxyl groups excluding tert-OH is 2. The molecular weight excluding hydrogens is 224 g/mol. The summed E-state index contributed by atoms with van der Waals surface area (Å²) in [5, 5.41) is 18.8. The summed E-state index contributed by atoms with van der Waals surface area (Å²) < 4.78 is 15.5. The van der Waals surface area contributed by atoms with Gasteiger partial charge >= 0.3 is 0 Å². The first-order valence-electron chi connectivity index (χ1n) is 5.26. The van der Waals surface area contributed by atoms with E-state index in [9.17, 15) is 5.11 Å². The highest BCUT2D eigenvalue weighted by atomic mass is 16.5. The molecule has 0 bridgehead atoms. The van der Waals surface area contributed by atoms with Crippen LogP contribution in [0.25, 0.3) is 0 Å². The molecule has 1 atom stereocenters. The fraction of sp³-hybridized carbons (Fsp3) is 0.500. The molecule has 5 nitrogen and oxygen atoms in total. The van der Waals surface area contributed by atoms with E-state index in [1.165, 1.54) is 21.3 Å². The van der Waals surface area contributed by atoms with Crippen molar-refractivity contribution in [3.05, 3.63) is 17.7 Å². The maximum absolute atomic E-state index is 9.95. The van der Waals surface area contributed by atoms with Crippen LogP contribution in [0.1, 0.15) is 18.1 Å². The summed E-state index contributed by atoms with van der Waals surface area (Å²) >= 11 is 0. The van der Waals surface area contributed by atoms with Crippen LogP contribution in [0.5, 0.6) is 17.2 Å². The molecule has 0 aliphatic heterocycles. The second kappa shape index (κ2) is 6.32. The lowest BCUT2D eigenvalue weighted by atomic mass is 10.0. The van der Waals surface area contributed by atoms with Crippen LogP contribution in [-0.4, -0.2) is 38.1 Å². The quantitative estimate of drug-likeness (QED) is 0.782. The first-order valence-corrected chi connectivity index (χ1v) is 5.26. The summed E-state index contributed by atoms with van der Waals surface area (Å²) in [7, 11) is 4.55. The summed E-state index contributed by atoms with van der Waals surface area (Å²) in [4.78, 5) is 0. The van der Waals surface area contributed by atoms with Gasteiger partial charge < -0.3 is 24.4 Å². The molecular formula is C12H18O5. The fourth-order valence-corrected chi connectivity index (χ4v) is 1.63. The molecule has 0 radical (unpaired) electrons. The van der Waals surface area contributed by atoms with Crippen LogP contribution in [0.3, 0.4) is 0 Å². The molecule has 17 heavy (non-hydrogen) atoms. The summed E-state index contributed by atoms with van der Waals surface area (Å²) in [6.07, 6.45) is -0.616. The van der Waals surface area contributed by atoms with Crippen molar-refractivity contribution < 1.29 is 24.4 Å². The molecule has 0 amide bonds. The maximum atomic E-state index is 9.95. The van der Waals surface area contributed by atoms with Crippen molar-refractivity contribution in [1.82, 2.24) is 0 Å². The number of methoxy groups -OCH3 is 3. The van der Waals surface area contributed by atoms with Crippen LogP contribution in [0.15, 0.2) is 12.1 Å². The summed E-state index contributed by atoms with van der Waals surface area (Å²) in [5.41, 5.74) is 0.518. The van der Waals surface area contributed by atoms with Gasteiger partial charge in [0.15, 0.2) is 0 Å². The van der Waals surface area contributed by atoms with Crippen LogP contribution >= 0.6 is 0 Å². The Balaban J connectivity index is 3.23. The van der Waals surface area contributed by atoms with Gasteiger partial charge in [0.1, 0.15) is 17.2 Å². The summed E-state index contributed by atoms with van der Waals surface area (Å²) in [6, 6.07) is 3.33. The lowest BCUT2D eigenvalue weighted by Gasteiger charge is -2.18. The molecule has 0 spiro atoms. The topological polar surface area (TPSA) is 68.2 Å². The van der Waals surface area contributed by atoms with E-state index in [2.05, 4.69) is 0 Å². The Bertz CT molecular complexity index is 339. The molecule has 1 rings (SSSR count). The largest absolute Gasteiger partial charge is 0.496 e. The first-order chi connectivity index (χ1) is 8.17. The van der Waals surface area contributed by atoms with Crippen LogP contribution in [0.4, 0.5) is 0 Å². The van der Waals surface area contributed by atoms with Gasteiger partial charge in [-0.05, 0) is 0 Å². The van der Waals surface area contributed by atoms with E-state index in [0.29, 0.717) is 22.8 Å².